The molecule has 0 heteroatoms. The van der Waals surface area contributed by atoms with Crippen molar-refractivity contribution in [3.05, 3.63) is 0 Å². The van der Waals surface area contributed by atoms with Gasteiger partial charge in [0.15, 0.2) is 0 Å². The summed E-state index contributed by atoms with van der Waals surface area (Å²) in [5.41, 5.74) is 0. The van der Waals surface area contributed by atoms with E-state index >= 15 is 0 Å². The highest BCUT2D eigenvalue weighted by Gasteiger charge is 2.18. The third-order valence-corrected chi connectivity index (χ3v) is 5.64. The molecule has 0 rings (SSSR count). The van der Waals surface area contributed by atoms with E-state index in [1.54, 1.807) is 0 Å². The largest absolute Gasteiger partial charge is 0.0654 e. The average molecular weight is 311 g/mol. The smallest absolute Gasteiger partial charge is 0.0409 e. The van der Waals surface area contributed by atoms with Crippen LogP contribution in [0.2, 0.25) is 0 Å². The molecule has 0 radical (unpaired) electrons. The van der Waals surface area contributed by atoms with Gasteiger partial charge in [-0.15, -0.1) is 0 Å². The second-order valence-corrected chi connectivity index (χ2v) is 7.67. The summed E-state index contributed by atoms with van der Waals surface area (Å²) in [6.45, 7) is 11.8. The summed E-state index contributed by atoms with van der Waals surface area (Å²) < 4.78 is 0. The van der Waals surface area contributed by atoms with Crippen molar-refractivity contribution in [1.29, 1.82) is 0 Å². The zero-order valence-electron chi connectivity index (χ0n) is 16.6. The number of rotatable bonds is 16. The Morgan fingerprint density at radius 1 is 0.455 bits per heavy atom. The van der Waals surface area contributed by atoms with Crippen molar-refractivity contribution in [2.24, 2.45) is 17.8 Å². The minimum atomic E-state index is 0.996. The fraction of sp³-hybridized carbons (Fsp3) is 1.00. The molecule has 0 aromatic heterocycles. The Balaban J connectivity index is 4.42. The molecule has 0 saturated heterocycles. The second-order valence-electron chi connectivity index (χ2n) is 7.67. The van der Waals surface area contributed by atoms with E-state index in [0.29, 0.717) is 0 Å². The quantitative estimate of drug-likeness (QED) is 0.251. The summed E-state index contributed by atoms with van der Waals surface area (Å²) in [6.07, 6.45) is 20.2. The normalized spacial score (nSPS) is 15.7. The highest BCUT2D eigenvalue weighted by Crippen LogP contribution is 2.32. The Morgan fingerprint density at radius 3 is 1.23 bits per heavy atom. The van der Waals surface area contributed by atoms with Crippen LogP contribution >= 0.6 is 0 Å². The van der Waals surface area contributed by atoms with E-state index in [1.807, 2.05) is 0 Å². The molecule has 0 amide bonds. The van der Waals surface area contributed by atoms with Crippen molar-refractivity contribution in [3.8, 4) is 0 Å². The molecule has 0 aliphatic heterocycles. The van der Waals surface area contributed by atoms with Crippen LogP contribution in [0.4, 0.5) is 0 Å². The first-order valence-electron chi connectivity index (χ1n) is 10.7. The molecular weight excluding hydrogens is 264 g/mol. The molecule has 0 nitrogen and oxygen atoms in total. The molecule has 0 heterocycles. The van der Waals surface area contributed by atoms with E-state index in [2.05, 4.69) is 34.6 Å². The van der Waals surface area contributed by atoms with Crippen LogP contribution in [0.3, 0.4) is 0 Å². The Kier molecular flexibility index (Phi) is 15.9. The number of hydrogen-bond donors (Lipinski definition) is 0. The van der Waals surface area contributed by atoms with E-state index in [1.165, 1.54) is 89.9 Å². The predicted molar refractivity (Wildman–Crippen MR) is 103 cm³/mol. The van der Waals surface area contributed by atoms with Gasteiger partial charge >= 0.3 is 0 Å². The van der Waals surface area contributed by atoms with Crippen LogP contribution in [0.1, 0.15) is 125 Å². The molecule has 0 fully saturated rings. The number of hydrogen-bond acceptors (Lipinski definition) is 0. The van der Waals surface area contributed by atoms with Crippen LogP contribution in [-0.2, 0) is 0 Å². The minimum absolute atomic E-state index is 0.996. The zero-order valence-corrected chi connectivity index (χ0v) is 16.6. The summed E-state index contributed by atoms with van der Waals surface area (Å²) in [5.74, 6) is 3.00. The molecule has 0 N–H and O–H groups in total. The second kappa shape index (κ2) is 15.9. The van der Waals surface area contributed by atoms with Gasteiger partial charge in [-0.3, -0.25) is 0 Å². The van der Waals surface area contributed by atoms with Gasteiger partial charge in [-0.05, 0) is 30.6 Å². The van der Waals surface area contributed by atoms with Crippen LogP contribution in [0, 0.1) is 17.8 Å². The van der Waals surface area contributed by atoms with Crippen molar-refractivity contribution in [1.82, 2.24) is 0 Å². The van der Waals surface area contributed by atoms with Gasteiger partial charge in [-0.1, -0.05) is 112 Å². The maximum Gasteiger partial charge on any atom is -0.0409 e. The van der Waals surface area contributed by atoms with Gasteiger partial charge in [-0.25, -0.2) is 0 Å². The molecule has 2 unspecified atom stereocenters. The standard InChI is InChI=1S/C22H46/c1-6-11-14-17-22(18-20(9-4)15-12-7-2)19-21(10-5)16-13-8-3/h20-22H,6-19H2,1-5H3. The molecule has 0 bridgehead atoms. The van der Waals surface area contributed by atoms with Crippen LogP contribution in [0.15, 0.2) is 0 Å². The lowest BCUT2D eigenvalue weighted by molar-refractivity contribution is 0.255. The summed E-state index contributed by atoms with van der Waals surface area (Å²) in [5, 5.41) is 0. The molecule has 0 aromatic carbocycles. The van der Waals surface area contributed by atoms with E-state index in [9.17, 15) is 0 Å². The first-order chi connectivity index (χ1) is 10.7. The molecule has 134 valence electrons. The molecule has 22 heavy (non-hydrogen) atoms. The molecule has 2 atom stereocenters. The van der Waals surface area contributed by atoms with Crippen molar-refractivity contribution < 1.29 is 0 Å². The van der Waals surface area contributed by atoms with Gasteiger partial charge in [0.1, 0.15) is 0 Å². The van der Waals surface area contributed by atoms with Gasteiger partial charge < -0.3 is 0 Å². The third kappa shape index (κ3) is 11.6. The fourth-order valence-corrected chi connectivity index (χ4v) is 3.92. The van der Waals surface area contributed by atoms with Crippen LogP contribution < -0.4 is 0 Å². The molecule has 0 saturated carbocycles. The lowest BCUT2D eigenvalue weighted by Gasteiger charge is -2.27. The third-order valence-electron chi connectivity index (χ3n) is 5.64. The van der Waals surface area contributed by atoms with Gasteiger partial charge in [0.25, 0.3) is 0 Å². The van der Waals surface area contributed by atoms with Gasteiger partial charge in [0, 0.05) is 0 Å². The van der Waals surface area contributed by atoms with Crippen LogP contribution in [0.5, 0.6) is 0 Å². The van der Waals surface area contributed by atoms with E-state index in [4.69, 9.17) is 0 Å². The zero-order chi connectivity index (χ0) is 16.6. The summed E-state index contributed by atoms with van der Waals surface area (Å²) in [7, 11) is 0. The monoisotopic (exact) mass is 310 g/mol. The molecule has 0 aliphatic rings. The van der Waals surface area contributed by atoms with Crippen molar-refractivity contribution in [2.75, 3.05) is 0 Å². The van der Waals surface area contributed by atoms with Crippen LogP contribution in [-0.4, -0.2) is 0 Å². The predicted octanol–water partition coefficient (Wildman–Crippen LogP) is 8.40. The molecule has 0 aliphatic carbocycles. The highest BCUT2D eigenvalue weighted by atomic mass is 14.2. The maximum atomic E-state index is 2.41. The van der Waals surface area contributed by atoms with Gasteiger partial charge in [-0.2, -0.15) is 0 Å². The summed E-state index contributed by atoms with van der Waals surface area (Å²) >= 11 is 0. The van der Waals surface area contributed by atoms with Crippen molar-refractivity contribution in [2.45, 2.75) is 125 Å². The lowest BCUT2D eigenvalue weighted by atomic mass is 9.79. The van der Waals surface area contributed by atoms with Gasteiger partial charge in [0.05, 0.1) is 0 Å². The Hall–Kier alpha value is 0. The van der Waals surface area contributed by atoms with Gasteiger partial charge in [0.2, 0.25) is 0 Å². The van der Waals surface area contributed by atoms with Crippen molar-refractivity contribution >= 4 is 0 Å². The maximum absolute atomic E-state index is 2.41. The fourth-order valence-electron chi connectivity index (χ4n) is 3.92. The highest BCUT2D eigenvalue weighted by molar-refractivity contribution is 4.71. The SMILES string of the molecule is CCCCCC(CC(CC)CCCC)CC(CC)CCCC. The number of unbranched alkanes of at least 4 members (excludes halogenated alkanes) is 4. The Labute approximate surface area is 142 Å². The van der Waals surface area contributed by atoms with E-state index in [0.717, 1.165) is 17.8 Å². The topological polar surface area (TPSA) is 0 Å². The van der Waals surface area contributed by atoms with E-state index in [-0.39, 0.29) is 0 Å². The molecule has 0 spiro atoms. The first-order valence-corrected chi connectivity index (χ1v) is 10.7. The minimum Gasteiger partial charge on any atom is -0.0654 e. The summed E-state index contributed by atoms with van der Waals surface area (Å²) in [6, 6.07) is 0. The van der Waals surface area contributed by atoms with Crippen LogP contribution in [0.25, 0.3) is 0 Å². The summed E-state index contributed by atoms with van der Waals surface area (Å²) in [4.78, 5) is 0. The lowest BCUT2D eigenvalue weighted by Crippen LogP contribution is -2.14. The molecular formula is C22H46. The van der Waals surface area contributed by atoms with E-state index < -0.39 is 0 Å². The average Bonchev–Trinajstić information content (AvgIpc) is 2.54. The Morgan fingerprint density at radius 2 is 0.864 bits per heavy atom. The Bertz CT molecular complexity index is 190. The van der Waals surface area contributed by atoms with Crippen molar-refractivity contribution in [3.63, 3.8) is 0 Å². The molecule has 0 aromatic rings. The first kappa shape index (κ1) is 22.0.